The maximum atomic E-state index is 13.3. The molecule has 0 unspecified atom stereocenters. The van der Waals surface area contributed by atoms with Crippen LogP contribution in [0, 0.1) is 0 Å². The summed E-state index contributed by atoms with van der Waals surface area (Å²) in [5.41, 5.74) is 1.51. The molecule has 0 radical (unpaired) electrons. The van der Waals surface area contributed by atoms with Gasteiger partial charge in [0.05, 0.1) is 0 Å². The molecule has 3 nitrogen and oxygen atoms in total. The summed E-state index contributed by atoms with van der Waals surface area (Å²) in [6, 6.07) is 33.6. The Hall–Kier alpha value is -3.43. The third-order valence-electron chi connectivity index (χ3n) is 5.47. The zero-order valence-corrected chi connectivity index (χ0v) is 15.8. The molecule has 2 atom stereocenters. The van der Waals surface area contributed by atoms with E-state index in [1.807, 2.05) is 103 Å². The van der Waals surface area contributed by atoms with Gasteiger partial charge in [-0.15, -0.1) is 0 Å². The van der Waals surface area contributed by atoms with Gasteiger partial charge in [-0.3, -0.25) is 0 Å². The Labute approximate surface area is 169 Å². The van der Waals surface area contributed by atoms with Crippen LogP contribution in [0.2, 0.25) is 0 Å². The molecule has 1 aliphatic rings. The van der Waals surface area contributed by atoms with Crippen molar-refractivity contribution in [1.82, 2.24) is 0 Å². The molecule has 0 N–H and O–H groups in total. The van der Waals surface area contributed by atoms with Gasteiger partial charge in [0.15, 0.2) is 5.60 Å². The van der Waals surface area contributed by atoms with Crippen LogP contribution in [-0.2, 0) is 26.3 Å². The Morgan fingerprint density at radius 1 is 0.724 bits per heavy atom. The molecule has 1 heterocycles. The number of rotatable bonds is 4. The summed E-state index contributed by atoms with van der Waals surface area (Å²) in [5.74, 6) is -0.356. The molecule has 142 valence electrons. The van der Waals surface area contributed by atoms with Gasteiger partial charge in [0.2, 0.25) is 6.29 Å². The molecule has 5 rings (SSSR count). The normalized spacial score (nSPS) is 21.2. The molecule has 4 aromatic rings. The standard InChI is InChI=1S/C26H20O3/c27-25-26(21-14-5-2-6-15-21,18-19-10-3-1-4-11-19)29-24(28-25)23-17-9-13-20-12-7-8-16-22(20)23/h1-17,24H,18H2/t24-,26+/m1/s1. The van der Waals surface area contributed by atoms with Crippen LogP contribution < -0.4 is 0 Å². The zero-order chi connectivity index (χ0) is 19.7. The van der Waals surface area contributed by atoms with E-state index in [0.29, 0.717) is 6.42 Å². The van der Waals surface area contributed by atoms with Gasteiger partial charge in [-0.1, -0.05) is 103 Å². The molecular weight excluding hydrogens is 360 g/mol. The first-order chi connectivity index (χ1) is 14.3. The van der Waals surface area contributed by atoms with Crippen molar-refractivity contribution in [3.05, 3.63) is 120 Å². The number of benzene rings is 4. The van der Waals surface area contributed by atoms with Crippen LogP contribution >= 0.6 is 0 Å². The van der Waals surface area contributed by atoms with Crippen LogP contribution in [0.15, 0.2) is 103 Å². The molecule has 0 amide bonds. The molecule has 0 saturated carbocycles. The molecule has 1 aliphatic heterocycles. The van der Waals surface area contributed by atoms with E-state index in [1.54, 1.807) is 0 Å². The highest BCUT2D eigenvalue weighted by Crippen LogP contribution is 2.44. The van der Waals surface area contributed by atoms with Gasteiger partial charge >= 0.3 is 5.97 Å². The minimum absolute atomic E-state index is 0.356. The summed E-state index contributed by atoms with van der Waals surface area (Å²) in [4.78, 5) is 13.3. The molecule has 1 fully saturated rings. The van der Waals surface area contributed by atoms with E-state index in [4.69, 9.17) is 9.47 Å². The second-order valence-corrected chi connectivity index (χ2v) is 7.28. The van der Waals surface area contributed by atoms with Crippen molar-refractivity contribution in [3.63, 3.8) is 0 Å². The zero-order valence-electron chi connectivity index (χ0n) is 15.8. The molecule has 0 bridgehead atoms. The van der Waals surface area contributed by atoms with E-state index in [1.165, 1.54) is 0 Å². The predicted octanol–water partition coefficient (Wildman–Crippen LogP) is 5.55. The number of carbonyl (C=O) groups excluding carboxylic acids is 1. The highest BCUT2D eigenvalue weighted by molar-refractivity contribution is 5.88. The van der Waals surface area contributed by atoms with E-state index >= 15 is 0 Å². The van der Waals surface area contributed by atoms with E-state index in [2.05, 4.69) is 0 Å². The van der Waals surface area contributed by atoms with Crippen LogP contribution in [0.25, 0.3) is 10.8 Å². The van der Waals surface area contributed by atoms with Gasteiger partial charge in [0.1, 0.15) is 0 Å². The first-order valence-corrected chi connectivity index (χ1v) is 9.72. The Balaban J connectivity index is 1.60. The van der Waals surface area contributed by atoms with Crippen molar-refractivity contribution in [2.75, 3.05) is 0 Å². The van der Waals surface area contributed by atoms with Gasteiger partial charge in [-0.05, 0) is 21.9 Å². The largest absolute Gasteiger partial charge is 0.429 e. The van der Waals surface area contributed by atoms with Gasteiger partial charge in [0, 0.05) is 12.0 Å². The van der Waals surface area contributed by atoms with E-state index < -0.39 is 11.9 Å². The highest BCUT2D eigenvalue weighted by atomic mass is 16.8. The van der Waals surface area contributed by atoms with E-state index in [0.717, 1.165) is 27.5 Å². The number of cyclic esters (lactones) is 1. The van der Waals surface area contributed by atoms with Gasteiger partial charge in [-0.2, -0.15) is 0 Å². The number of hydrogen-bond donors (Lipinski definition) is 0. The van der Waals surface area contributed by atoms with Gasteiger partial charge in [-0.25, -0.2) is 4.79 Å². The fourth-order valence-electron chi connectivity index (χ4n) is 4.02. The maximum Gasteiger partial charge on any atom is 0.346 e. The first kappa shape index (κ1) is 17.7. The summed E-state index contributed by atoms with van der Waals surface area (Å²) < 4.78 is 12.3. The molecule has 1 saturated heterocycles. The van der Waals surface area contributed by atoms with Crippen molar-refractivity contribution in [2.24, 2.45) is 0 Å². The van der Waals surface area contributed by atoms with Crippen molar-refractivity contribution < 1.29 is 14.3 Å². The fourth-order valence-corrected chi connectivity index (χ4v) is 4.02. The van der Waals surface area contributed by atoms with Gasteiger partial charge in [0.25, 0.3) is 0 Å². The second-order valence-electron chi connectivity index (χ2n) is 7.28. The van der Waals surface area contributed by atoms with Crippen molar-refractivity contribution in [3.8, 4) is 0 Å². The lowest BCUT2D eigenvalue weighted by molar-refractivity contribution is -0.145. The average molecular weight is 380 g/mol. The fraction of sp³-hybridized carbons (Fsp3) is 0.115. The minimum atomic E-state index is -1.18. The monoisotopic (exact) mass is 380 g/mol. The Kier molecular flexibility index (Phi) is 4.38. The van der Waals surface area contributed by atoms with Gasteiger partial charge < -0.3 is 9.47 Å². The minimum Gasteiger partial charge on any atom is -0.429 e. The van der Waals surface area contributed by atoms with Crippen LogP contribution in [0.3, 0.4) is 0 Å². The molecule has 0 aromatic heterocycles. The maximum absolute atomic E-state index is 13.3. The summed E-state index contributed by atoms with van der Waals surface area (Å²) in [6.45, 7) is 0. The third-order valence-corrected chi connectivity index (χ3v) is 5.47. The van der Waals surface area contributed by atoms with Crippen LogP contribution in [0.1, 0.15) is 23.0 Å². The lowest BCUT2D eigenvalue weighted by Crippen LogP contribution is -2.35. The van der Waals surface area contributed by atoms with Crippen LogP contribution in [0.4, 0.5) is 0 Å². The second kappa shape index (κ2) is 7.19. The number of hydrogen-bond acceptors (Lipinski definition) is 3. The van der Waals surface area contributed by atoms with E-state index in [-0.39, 0.29) is 5.97 Å². The molecule has 4 aromatic carbocycles. The smallest absolute Gasteiger partial charge is 0.346 e. The lowest BCUT2D eigenvalue weighted by atomic mass is 9.87. The van der Waals surface area contributed by atoms with Crippen molar-refractivity contribution in [1.29, 1.82) is 0 Å². The van der Waals surface area contributed by atoms with Crippen LogP contribution in [0.5, 0.6) is 0 Å². The molecule has 3 heteroatoms. The first-order valence-electron chi connectivity index (χ1n) is 9.72. The quantitative estimate of drug-likeness (QED) is 0.436. The summed E-state index contributed by atoms with van der Waals surface area (Å²) >= 11 is 0. The van der Waals surface area contributed by atoms with Crippen molar-refractivity contribution in [2.45, 2.75) is 18.3 Å². The number of fused-ring (bicyclic) bond motifs is 1. The number of carbonyl (C=O) groups is 1. The highest BCUT2D eigenvalue weighted by Gasteiger charge is 2.52. The molecular formula is C26H20O3. The summed E-state index contributed by atoms with van der Waals surface area (Å²) in [7, 11) is 0. The lowest BCUT2D eigenvalue weighted by Gasteiger charge is -2.25. The Morgan fingerprint density at radius 2 is 1.38 bits per heavy atom. The Bertz CT molecular complexity index is 1150. The van der Waals surface area contributed by atoms with Crippen molar-refractivity contribution >= 4 is 16.7 Å². The summed E-state index contributed by atoms with van der Waals surface area (Å²) in [5, 5.41) is 2.11. The molecule has 29 heavy (non-hydrogen) atoms. The van der Waals surface area contributed by atoms with Crippen LogP contribution in [-0.4, -0.2) is 5.97 Å². The summed E-state index contributed by atoms with van der Waals surface area (Å²) in [6.07, 6.45) is -0.338. The number of esters is 1. The number of ether oxygens (including phenoxy) is 2. The Morgan fingerprint density at radius 3 is 2.17 bits per heavy atom. The van der Waals surface area contributed by atoms with E-state index in [9.17, 15) is 4.79 Å². The topological polar surface area (TPSA) is 35.5 Å². The molecule has 0 aliphatic carbocycles. The third kappa shape index (κ3) is 3.10. The predicted molar refractivity (Wildman–Crippen MR) is 112 cm³/mol. The average Bonchev–Trinajstić information content (AvgIpc) is 3.11. The molecule has 0 spiro atoms. The SMILES string of the molecule is O=C1O[C@@H](c2cccc3ccccc23)O[C@@]1(Cc1ccccc1)c1ccccc1.